The zero-order valence-electron chi connectivity index (χ0n) is 8.37. The number of benzene rings is 2. The summed E-state index contributed by atoms with van der Waals surface area (Å²) in [5, 5.41) is 9.37. The molecule has 0 bridgehead atoms. The summed E-state index contributed by atoms with van der Waals surface area (Å²) in [4.78, 5) is 0. The van der Waals surface area contributed by atoms with Crippen molar-refractivity contribution in [2.24, 2.45) is 0 Å². The Bertz CT molecular complexity index is 474. The maximum absolute atomic E-state index is 12.7. The highest BCUT2D eigenvalue weighted by molar-refractivity contribution is 5.65. The lowest BCUT2D eigenvalue weighted by molar-refractivity contribution is 0.471. The first-order valence-corrected chi connectivity index (χ1v) is 4.72. The van der Waals surface area contributed by atoms with E-state index in [4.69, 9.17) is 0 Å². The molecule has 0 fully saturated rings. The Hall–Kier alpha value is -1.83. The second-order valence-electron chi connectivity index (χ2n) is 3.51. The van der Waals surface area contributed by atoms with Crippen LogP contribution in [0.1, 0.15) is 5.56 Å². The third-order valence-corrected chi connectivity index (χ3v) is 2.37. The molecular formula is C13H11FO. The Morgan fingerprint density at radius 2 is 1.53 bits per heavy atom. The predicted octanol–water partition coefficient (Wildman–Crippen LogP) is 3.51. The van der Waals surface area contributed by atoms with E-state index < -0.39 is 0 Å². The van der Waals surface area contributed by atoms with E-state index in [2.05, 4.69) is 0 Å². The van der Waals surface area contributed by atoms with Gasteiger partial charge in [0.15, 0.2) is 0 Å². The van der Waals surface area contributed by atoms with E-state index in [1.165, 1.54) is 12.1 Å². The lowest BCUT2D eigenvalue weighted by atomic mass is 10.0. The molecule has 0 aliphatic carbocycles. The van der Waals surface area contributed by atoms with Crippen LogP contribution in [0.5, 0.6) is 5.75 Å². The van der Waals surface area contributed by atoms with Crippen LogP contribution in [0.15, 0.2) is 42.5 Å². The predicted molar refractivity (Wildman–Crippen MR) is 58.2 cm³/mol. The molecule has 76 valence electrons. The van der Waals surface area contributed by atoms with Crippen molar-refractivity contribution in [3.05, 3.63) is 53.8 Å². The van der Waals surface area contributed by atoms with Crippen LogP contribution >= 0.6 is 0 Å². The molecule has 0 heterocycles. The number of phenolic OH excluding ortho intramolecular Hbond substituents is 1. The highest BCUT2D eigenvalue weighted by atomic mass is 19.1. The Kier molecular flexibility index (Phi) is 2.42. The van der Waals surface area contributed by atoms with E-state index >= 15 is 0 Å². The third-order valence-electron chi connectivity index (χ3n) is 2.37. The molecule has 0 aliphatic heterocycles. The molecule has 0 aliphatic rings. The quantitative estimate of drug-likeness (QED) is 0.750. The molecule has 0 radical (unpaired) electrons. The number of aromatic hydroxyl groups is 1. The first kappa shape index (κ1) is 9.71. The van der Waals surface area contributed by atoms with Gasteiger partial charge in [0.2, 0.25) is 0 Å². The van der Waals surface area contributed by atoms with E-state index in [1.807, 2.05) is 19.1 Å². The summed E-state index contributed by atoms with van der Waals surface area (Å²) in [7, 11) is 0. The maximum Gasteiger partial charge on any atom is 0.123 e. The molecule has 0 atom stereocenters. The number of phenols is 1. The van der Waals surface area contributed by atoms with Crippen molar-refractivity contribution in [1.29, 1.82) is 0 Å². The fraction of sp³-hybridized carbons (Fsp3) is 0.0769. The van der Waals surface area contributed by atoms with Gasteiger partial charge in [-0.25, -0.2) is 4.39 Å². The summed E-state index contributed by atoms with van der Waals surface area (Å²) in [5.74, 6) is 0.0371. The van der Waals surface area contributed by atoms with Crippen molar-refractivity contribution in [3.8, 4) is 16.9 Å². The molecule has 2 aromatic carbocycles. The number of rotatable bonds is 1. The van der Waals surface area contributed by atoms with Gasteiger partial charge in [0.05, 0.1) is 0 Å². The van der Waals surface area contributed by atoms with Crippen LogP contribution < -0.4 is 0 Å². The van der Waals surface area contributed by atoms with Crippen molar-refractivity contribution >= 4 is 0 Å². The number of halogens is 1. The SMILES string of the molecule is Cc1cc(-c2ccc(F)cc2)ccc1O. The fourth-order valence-corrected chi connectivity index (χ4v) is 1.48. The normalized spacial score (nSPS) is 10.3. The lowest BCUT2D eigenvalue weighted by Gasteiger charge is -2.04. The monoisotopic (exact) mass is 202 g/mol. The van der Waals surface area contributed by atoms with Crippen LogP contribution in [0.25, 0.3) is 11.1 Å². The van der Waals surface area contributed by atoms with Crippen LogP contribution in [0.4, 0.5) is 4.39 Å². The third kappa shape index (κ3) is 1.99. The van der Waals surface area contributed by atoms with E-state index in [1.54, 1.807) is 18.2 Å². The van der Waals surface area contributed by atoms with Crippen molar-refractivity contribution in [2.75, 3.05) is 0 Å². The van der Waals surface area contributed by atoms with Crippen molar-refractivity contribution in [3.63, 3.8) is 0 Å². The van der Waals surface area contributed by atoms with E-state index in [9.17, 15) is 9.50 Å². The molecule has 2 heteroatoms. The van der Waals surface area contributed by atoms with Gasteiger partial charge in [-0.1, -0.05) is 18.2 Å². The summed E-state index contributed by atoms with van der Waals surface area (Å²) < 4.78 is 12.7. The molecule has 0 amide bonds. The first-order chi connectivity index (χ1) is 7.16. The molecule has 1 nitrogen and oxygen atoms in total. The summed E-state index contributed by atoms with van der Waals surface area (Å²) in [6.45, 7) is 1.84. The molecule has 0 spiro atoms. The van der Waals surface area contributed by atoms with Crippen molar-refractivity contribution in [2.45, 2.75) is 6.92 Å². The van der Waals surface area contributed by atoms with E-state index in [0.29, 0.717) is 0 Å². The van der Waals surface area contributed by atoms with Crippen LogP contribution in [-0.2, 0) is 0 Å². The van der Waals surface area contributed by atoms with Crippen molar-refractivity contribution in [1.82, 2.24) is 0 Å². The Balaban J connectivity index is 2.45. The zero-order chi connectivity index (χ0) is 10.8. The van der Waals surface area contributed by atoms with Gasteiger partial charge in [-0.2, -0.15) is 0 Å². The van der Waals surface area contributed by atoms with Gasteiger partial charge in [0.1, 0.15) is 11.6 Å². The van der Waals surface area contributed by atoms with Crippen LogP contribution in [0.3, 0.4) is 0 Å². The maximum atomic E-state index is 12.7. The van der Waals surface area contributed by atoms with Gasteiger partial charge in [-0.3, -0.25) is 0 Å². The van der Waals surface area contributed by atoms with E-state index in [0.717, 1.165) is 16.7 Å². The number of hydrogen-bond donors (Lipinski definition) is 1. The van der Waals surface area contributed by atoms with Gasteiger partial charge < -0.3 is 5.11 Å². The first-order valence-electron chi connectivity index (χ1n) is 4.72. The van der Waals surface area contributed by atoms with Gasteiger partial charge in [0.25, 0.3) is 0 Å². The molecular weight excluding hydrogens is 191 g/mol. The molecule has 0 saturated heterocycles. The Morgan fingerprint density at radius 3 is 2.13 bits per heavy atom. The minimum atomic E-state index is -0.241. The number of hydrogen-bond acceptors (Lipinski definition) is 1. The highest BCUT2D eigenvalue weighted by Gasteiger charge is 2.00. The van der Waals surface area contributed by atoms with Gasteiger partial charge >= 0.3 is 0 Å². The molecule has 2 rings (SSSR count). The molecule has 0 saturated carbocycles. The topological polar surface area (TPSA) is 20.2 Å². The van der Waals surface area contributed by atoms with Crippen LogP contribution in [0.2, 0.25) is 0 Å². The lowest BCUT2D eigenvalue weighted by Crippen LogP contribution is -1.81. The molecule has 0 aromatic heterocycles. The number of aryl methyl sites for hydroxylation is 1. The minimum absolute atomic E-state index is 0.241. The Labute approximate surface area is 87.8 Å². The largest absolute Gasteiger partial charge is 0.508 e. The molecule has 15 heavy (non-hydrogen) atoms. The fourth-order valence-electron chi connectivity index (χ4n) is 1.48. The summed E-state index contributed by atoms with van der Waals surface area (Å²) >= 11 is 0. The molecule has 0 unspecified atom stereocenters. The molecule has 1 N–H and O–H groups in total. The summed E-state index contributed by atoms with van der Waals surface area (Å²) in [5.41, 5.74) is 2.74. The Morgan fingerprint density at radius 1 is 0.933 bits per heavy atom. The zero-order valence-corrected chi connectivity index (χ0v) is 8.37. The van der Waals surface area contributed by atoms with Crippen molar-refractivity contribution < 1.29 is 9.50 Å². The second-order valence-corrected chi connectivity index (χ2v) is 3.51. The van der Waals surface area contributed by atoms with Crippen LogP contribution in [-0.4, -0.2) is 5.11 Å². The standard InChI is InChI=1S/C13H11FO/c1-9-8-11(4-7-13(9)15)10-2-5-12(14)6-3-10/h2-8,15H,1H3. The highest BCUT2D eigenvalue weighted by Crippen LogP contribution is 2.25. The minimum Gasteiger partial charge on any atom is -0.508 e. The smallest absolute Gasteiger partial charge is 0.123 e. The van der Waals surface area contributed by atoms with Gasteiger partial charge in [0, 0.05) is 0 Å². The van der Waals surface area contributed by atoms with Crippen LogP contribution in [0, 0.1) is 12.7 Å². The second kappa shape index (κ2) is 3.73. The summed E-state index contributed by atoms with van der Waals surface area (Å²) in [6, 6.07) is 11.6. The van der Waals surface area contributed by atoms with E-state index in [-0.39, 0.29) is 11.6 Å². The average molecular weight is 202 g/mol. The average Bonchev–Trinajstić information content (AvgIpc) is 2.23. The van der Waals surface area contributed by atoms with Gasteiger partial charge in [-0.05, 0) is 47.9 Å². The van der Waals surface area contributed by atoms with Gasteiger partial charge in [-0.15, -0.1) is 0 Å². The molecule has 2 aromatic rings. The summed E-state index contributed by atoms with van der Waals surface area (Å²) in [6.07, 6.45) is 0.